The second-order valence-corrected chi connectivity index (χ2v) is 7.67. The highest BCUT2D eigenvalue weighted by molar-refractivity contribution is 8.00. The van der Waals surface area contributed by atoms with Crippen LogP contribution >= 0.6 is 35.3 Å². The Balaban J connectivity index is 1.79. The van der Waals surface area contributed by atoms with Gasteiger partial charge >= 0.3 is 0 Å². The van der Waals surface area contributed by atoms with E-state index in [1.807, 2.05) is 10.9 Å². The van der Waals surface area contributed by atoms with E-state index in [1.165, 1.54) is 24.0 Å². The summed E-state index contributed by atoms with van der Waals surface area (Å²) in [6, 6.07) is 9.22. The van der Waals surface area contributed by atoms with Crippen LogP contribution in [0.1, 0.15) is 23.6 Å². The number of thioether (sulfide) groups is 1. The molecule has 1 aliphatic rings. The van der Waals surface area contributed by atoms with Gasteiger partial charge < -0.3 is 0 Å². The summed E-state index contributed by atoms with van der Waals surface area (Å²) in [4.78, 5) is 2.35. The van der Waals surface area contributed by atoms with Gasteiger partial charge in [0, 0.05) is 6.04 Å². The predicted molar refractivity (Wildman–Crippen MR) is 88.0 cm³/mol. The van der Waals surface area contributed by atoms with E-state index >= 15 is 0 Å². The first-order chi connectivity index (χ1) is 9.69. The van der Waals surface area contributed by atoms with Crippen LogP contribution in [0.3, 0.4) is 0 Å². The van der Waals surface area contributed by atoms with Crippen LogP contribution in [0.5, 0.6) is 0 Å². The van der Waals surface area contributed by atoms with Crippen molar-refractivity contribution in [1.82, 2.24) is 14.7 Å². The zero-order valence-corrected chi connectivity index (χ0v) is 14.0. The van der Waals surface area contributed by atoms with E-state index < -0.39 is 0 Å². The first kappa shape index (κ1) is 14.3. The van der Waals surface area contributed by atoms with Gasteiger partial charge in [-0.1, -0.05) is 47.4 Å². The molecule has 0 saturated carbocycles. The van der Waals surface area contributed by atoms with Crippen LogP contribution in [0.4, 0.5) is 0 Å². The molecule has 3 nitrogen and oxygen atoms in total. The Morgan fingerprint density at radius 2 is 2.30 bits per heavy atom. The van der Waals surface area contributed by atoms with Gasteiger partial charge in [-0.3, -0.25) is 4.90 Å². The molecular weight excluding hydrogens is 306 g/mol. The number of aromatic nitrogens is 2. The summed E-state index contributed by atoms with van der Waals surface area (Å²) in [7, 11) is 2.16. The molecule has 0 fully saturated rings. The Morgan fingerprint density at radius 3 is 3.05 bits per heavy atom. The molecule has 1 unspecified atom stereocenters. The molecule has 0 saturated heterocycles. The lowest BCUT2D eigenvalue weighted by molar-refractivity contribution is 0.181. The van der Waals surface area contributed by atoms with E-state index in [9.17, 15) is 0 Å². The molecule has 1 heterocycles. The Kier molecular flexibility index (Phi) is 4.26. The van der Waals surface area contributed by atoms with Crippen molar-refractivity contribution in [2.75, 3.05) is 13.3 Å². The van der Waals surface area contributed by atoms with Gasteiger partial charge in [0.1, 0.15) is 0 Å². The molecule has 0 aliphatic heterocycles. The molecule has 20 heavy (non-hydrogen) atoms. The average Bonchev–Trinajstić information content (AvgIpc) is 3.03. The monoisotopic (exact) mass is 323 g/mol. The molecule has 0 spiro atoms. The largest absolute Gasteiger partial charge is 0.280 e. The predicted octanol–water partition coefficient (Wildman–Crippen LogP) is 3.97. The third-order valence-corrected chi connectivity index (χ3v) is 6.04. The molecule has 1 aliphatic carbocycles. The lowest BCUT2D eigenvalue weighted by Gasteiger charge is -2.24. The fraction of sp³-hybridized carbons (Fsp3) is 0.429. The molecular formula is C14H17N3S3. The zero-order valence-electron chi connectivity index (χ0n) is 11.6. The minimum atomic E-state index is 0.479. The average molecular weight is 324 g/mol. The fourth-order valence-electron chi connectivity index (χ4n) is 2.76. The number of hydrogen-bond donors (Lipinski definition) is 0. The second kappa shape index (κ2) is 5.97. The van der Waals surface area contributed by atoms with Crippen LogP contribution in [-0.2, 0) is 13.1 Å². The highest BCUT2D eigenvalue weighted by Gasteiger charge is 2.25. The second-order valence-electron chi connectivity index (χ2n) is 4.99. The molecule has 1 atom stereocenters. The third kappa shape index (κ3) is 2.70. The summed E-state index contributed by atoms with van der Waals surface area (Å²) in [6.07, 6.45) is 4.39. The minimum absolute atomic E-state index is 0.479. The summed E-state index contributed by atoms with van der Waals surface area (Å²) >= 11 is 8.63. The van der Waals surface area contributed by atoms with Crippen molar-refractivity contribution < 1.29 is 0 Å². The van der Waals surface area contributed by atoms with Crippen LogP contribution in [0, 0.1) is 3.95 Å². The number of benzene rings is 1. The first-order valence-electron chi connectivity index (χ1n) is 6.59. The molecule has 106 valence electrons. The quantitative estimate of drug-likeness (QED) is 0.626. The normalized spacial score (nSPS) is 17.6. The molecule has 3 rings (SSSR count). The molecule has 0 N–H and O–H groups in total. The van der Waals surface area contributed by atoms with Crippen molar-refractivity contribution in [2.45, 2.75) is 29.9 Å². The molecule has 1 aromatic carbocycles. The number of hydrogen-bond acceptors (Lipinski definition) is 5. The molecule has 1 aromatic heterocycles. The lowest BCUT2D eigenvalue weighted by Crippen LogP contribution is -2.26. The molecule has 2 aromatic rings. The maximum Gasteiger partial charge on any atom is 0.181 e. The Labute approximate surface area is 132 Å². The van der Waals surface area contributed by atoms with Crippen molar-refractivity contribution >= 4 is 35.3 Å². The van der Waals surface area contributed by atoms with Crippen LogP contribution in [0.15, 0.2) is 28.6 Å². The fourth-order valence-corrected chi connectivity index (χ4v) is 4.50. The van der Waals surface area contributed by atoms with Gasteiger partial charge in [-0.15, -0.1) is 0 Å². The Hall–Kier alpha value is -0.690. The number of rotatable bonds is 4. The Morgan fingerprint density at radius 1 is 1.50 bits per heavy atom. The van der Waals surface area contributed by atoms with Gasteiger partial charge in [0.2, 0.25) is 0 Å². The molecule has 0 bridgehead atoms. The highest BCUT2D eigenvalue weighted by atomic mass is 32.2. The molecule has 6 heteroatoms. The maximum absolute atomic E-state index is 5.39. The van der Waals surface area contributed by atoms with Gasteiger partial charge in [0.15, 0.2) is 8.29 Å². The minimum Gasteiger partial charge on any atom is -0.280 e. The van der Waals surface area contributed by atoms with E-state index in [0.29, 0.717) is 6.04 Å². The van der Waals surface area contributed by atoms with Crippen LogP contribution in [-0.4, -0.2) is 28.0 Å². The summed E-state index contributed by atoms with van der Waals surface area (Å²) in [6.45, 7) is 0.759. The van der Waals surface area contributed by atoms with Gasteiger partial charge in [-0.25, -0.2) is 4.68 Å². The van der Waals surface area contributed by atoms with Crippen molar-refractivity contribution in [1.29, 1.82) is 0 Å². The highest BCUT2D eigenvalue weighted by Crippen LogP contribution is 2.35. The number of aryl methyl sites for hydroxylation is 1. The van der Waals surface area contributed by atoms with E-state index in [4.69, 9.17) is 12.2 Å². The van der Waals surface area contributed by atoms with E-state index in [1.54, 1.807) is 23.1 Å². The van der Waals surface area contributed by atoms with Crippen molar-refractivity contribution in [3.63, 3.8) is 0 Å². The number of fused-ring (bicyclic) bond motifs is 1. The summed E-state index contributed by atoms with van der Waals surface area (Å²) in [5, 5.41) is 4.55. The maximum atomic E-state index is 5.39. The van der Waals surface area contributed by atoms with E-state index in [-0.39, 0.29) is 0 Å². The lowest BCUT2D eigenvalue weighted by atomic mass is 10.1. The summed E-state index contributed by atoms with van der Waals surface area (Å²) in [5.74, 6) is 0. The van der Waals surface area contributed by atoms with Crippen molar-refractivity contribution in [3.05, 3.63) is 39.3 Å². The van der Waals surface area contributed by atoms with Gasteiger partial charge in [0.25, 0.3) is 0 Å². The van der Waals surface area contributed by atoms with Gasteiger partial charge in [-0.05, 0) is 49.5 Å². The summed E-state index contributed by atoms with van der Waals surface area (Å²) < 4.78 is 3.83. The SMILES string of the molecule is CSc1nn(CN(C)C2CCc3ccccc32)c(=S)s1. The first-order valence-corrected chi connectivity index (χ1v) is 9.04. The molecule has 0 amide bonds. The topological polar surface area (TPSA) is 21.1 Å². The third-order valence-electron chi connectivity index (χ3n) is 3.75. The zero-order chi connectivity index (χ0) is 14.1. The Bertz CT molecular complexity index is 662. The van der Waals surface area contributed by atoms with Crippen LogP contribution < -0.4 is 0 Å². The van der Waals surface area contributed by atoms with Crippen LogP contribution in [0.2, 0.25) is 0 Å². The standard InChI is InChI=1S/C14H17N3S3/c1-16(9-17-14(18)20-13(15-17)19-2)12-8-7-10-5-3-4-6-11(10)12/h3-6,12H,7-9H2,1-2H3. The van der Waals surface area contributed by atoms with Crippen molar-refractivity contribution in [3.8, 4) is 0 Å². The van der Waals surface area contributed by atoms with E-state index in [2.05, 4.69) is 41.3 Å². The van der Waals surface area contributed by atoms with Crippen molar-refractivity contribution in [2.24, 2.45) is 0 Å². The molecule has 0 radical (unpaired) electrons. The number of nitrogens with zero attached hydrogens (tertiary/aromatic N) is 3. The van der Waals surface area contributed by atoms with Gasteiger partial charge in [-0.2, -0.15) is 5.10 Å². The van der Waals surface area contributed by atoms with Crippen LogP contribution in [0.25, 0.3) is 0 Å². The van der Waals surface area contributed by atoms with E-state index in [0.717, 1.165) is 15.0 Å². The smallest absolute Gasteiger partial charge is 0.181 e. The van der Waals surface area contributed by atoms with Gasteiger partial charge in [0.05, 0.1) is 6.67 Å². The summed E-state index contributed by atoms with van der Waals surface area (Å²) in [5.41, 5.74) is 2.94.